The molecule has 4 rings (SSSR count). The molecule has 2 aromatic rings. The van der Waals surface area contributed by atoms with Gasteiger partial charge < -0.3 is 5.11 Å². The van der Waals surface area contributed by atoms with Crippen LogP contribution < -0.4 is 0 Å². The average molecular weight is 442 g/mol. The van der Waals surface area contributed by atoms with Crippen LogP contribution in [0.25, 0.3) is 11.1 Å². The smallest absolute Gasteiger partial charge is 0.390 e. The lowest BCUT2D eigenvalue weighted by Gasteiger charge is -2.40. The van der Waals surface area contributed by atoms with Crippen molar-refractivity contribution in [3.8, 4) is 11.1 Å². The summed E-state index contributed by atoms with van der Waals surface area (Å²) in [4.78, 5) is 4.43. The van der Waals surface area contributed by atoms with Crippen LogP contribution >= 0.6 is 23.2 Å². The van der Waals surface area contributed by atoms with Gasteiger partial charge in [-0.25, -0.2) is 0 Å². The van der Waals surface area contributed by atoms with Crippen LogP contribution in [0.15, 0.2) is 47.5 Å². The fourth-order valence-corrected chi connectivity index (χ4v) is 4.91. The number of alkyl halides is 3. The van der Waals surface area contributed by atoms with Crippen LogP contribution in [-0.4, -0.2) is 29.1 Å². The van der Waals surface area contributed by atoms with Crippen LogP contribution in [0, 0.1) is 5.92 Å². The highest BCUT2D eigenvalue weighted by molar-refractivity contribution is 6.31. The third-order valence-corrected chi connectivity index (χ3v) is 6.74. The molecule has 2 nitrogen and oxygen atoms in total. The molecule has 1 aliphatic heterocycles. The first-order chi connectivity index (χ1) is 13.7. The second-order valence-corrected chi connectivity index (χ2v) is 8.77. The number of benzene rings is 2. The molecule has 1 aliphatic carbocycles. The van der Waals surface area contributed by atoms with Gasteiger partial charge in [0, 0.05) is 22.2 Å². The zero-order chi connectivity index (χ0) is 20.8. The van der Waals surface area contributed by atoms with Gasteiger partial charge in [0.2, 0.25) is 0 Å². The van der Waals surface area contributed by atoms with Crippen molar-refractivity contribution in [2.45, 2.75) is 49.4 Å². The van der Waals surface area contributed by atoms with Crippen molar-refractivity contribution in [1.82, 2.24) is 0 Å². The maximum absolute atomic E-state index is 13.3. The van der Waals surface area contributed by atoms with Crippen molar-refractivity contribution >= 4 is 29.4 Å². The molecule has 1 heterocycles. The number of rotatable bonds is 2. The van der Waals surface area contributed by atoms with E-state index in [9.17, 15) is 18.3 Å². The fourth-order valence-electron chi connectivity index (χ4n) is 4.54. The molecule has 1 saturated carbocycles. The van der Waals surface area contributed by atoms with Gasteiger partial charge in [-0.1, -0.05) is 47.8 Å². The van der Waals surface area contributed by atoms with E-state index in [2.05, 4.69) is 4.99 Å². The first-order valence-corrected chi connectivity index (χ1v) is 10.3. The highest BCUT2D eigenvalue weighted by atomic mass is 35.5. The predicted molar refractivity (Wildman–Crippen MR) is 110 cm³/mol. The summed E-state index contributed by atoms with van der Waals surface area (Å²) in [5, 5.41) is 12.1. The molecule has 7 heteroatoms. The topological polar surface area (TPSA) is 32.6 Å². The zero-order valence-corrected chi connectivity index (χ0v) is 17.0. The summed E-state index contributed by atoms with van der Waals surface area (Å²) in [5.41, 5.74) is 1.39. The van der Waals surface area contributed by atoms with Gasteiger partial charge >= 0.3 is 6.18 Å². The second-order valence-electron chi connectivity index (χ2n) is 7.93. The van der Waals surface area contributed by atoms with E-state index < -0.39 is 29.7 Å². The molecule has 1 fully saturated rings. The van der Waals surface area contributed by atoms with E-state index in [-0.39, 0.29) is 12.8 Å². The van der Waals surface area contributed by atoms with Crippen LogP contribution in [0.2, 0.25) is 10.0 Å². The van der Waals surface area contributed by atoms with Gasteiger partial charge in [0.15, 0.2) is 0 Å². The molecule has 2 aromatic carbocycles. The minimum Gasteiger partial charge on any atom is -0.390 e. The summed E-state index contributed by atoms with van der Waals surface area (Å²) in [5.74, 6) is -1.97. The van der Waals surface area contributed by atoms with Crippen molar-refractivity contribution < 1.29 is 18.3 Å². The lowest BCUT2D eigenvalue weighted by atomic mass is 9.71. The van der Waals surface area contributed by atoms with E-state index in [4.69, 9.17) is 23.2 Å². The van der Waals surface area contributed by atoms with Crippen LogP contribution in [0.5, 0.6) is 0 Å². The Kier molecular flexibility index (Phi) is 5.43. The Morgan fingerprint density at radius 2 is 1.72 bits per heavy atom. The van der Waals surface area contributed by atoms with E-state index in [1.807, 2.05) is 24.3 Å². The normalized spacial score (nSPS) is 29.5. The molecule has 0 aromatic heterocycles. The summed E-state index contributed by atoms with van der Waals surface area (Å²) >= 11 is 12.4. The molecule has 29 heavy (non-hydrogen) atoms. The van der Waals surface area contributed by atoms with Gasteiger partial charge in [-0.15, -0.1) is 0 Å². The van der Waals surface area contributed by atoms with E-state index in [1.54, 1.807) is 24.4 Å². The molecule has 2 aliphatic rings. The molecular formula is C22H20Cl2F3NO. The molecule has 4 atom stereocenters. The first kappa shape index (κ1) is 20.7. The van der Waals surface area contributed by atoms with Gasteiger partial charge in [0.25, 0.3) is 0 Å². The Balaban J connectivity index is 1.64. The van der Waals surface area contributed by atoms with Crippen molar-refractivity contribution in [2.75, 3.05) is 0 Å². The van der Waals surface area contributed by atoms with Crippen molar-refractivity contribution in [3.05, 3.63) is 58.1 Å². The van der Waals surface area contributed by atoms with Crippen LogP contribution in [0.1, 0.15) is 37.2 Å². The Morgan fingerprint density at radius 3 is 2.41 bits per heavy atom. The molecule has 154 valence electrons. The highest BCUT2D eigenvalue weighted by Gasteiger charge is 2.54. The summed E-state index contributed by atoms with van der Waals surface area (Å²) in [6.07, 6.45) is -2.98. The average Bonchev–Trinajstić information content (AvgIpc) is 2.98. The quantitative estimate of drug-likeness (QED) is 0.553. The van der Waals surface area contributed by atoms with Crippen LogP contribution in [0.4, 0.5) is 13.2 Å². The molecule has 0 bridgehead atoms. The Hall–Kier alpha value is -1.56. The van der Waals surface area contributed by atoms with Gasteiger partial charge in [-0.3, -0.25) is 4.99 Å². The van der Waals surface area contributed by atoms with Gasteiger partial charge in [0.1, 0.15) is 0 Å². The third-order valence-electron chi connectivity index (χ3n) is 6.14. The van der Waals surface area contributed by atoms with Gasteiger partial charge in [0.05, 0.1) is 17.6 Å². The summed E-state index contributed by atoms with van der Waals surface area (Å²) in [6, 6.07) is 12.8. The van der Waals surface area contributed by atoms with Crippen LogP contribution in [0.3, 0.4) is 0 Å². The Bertz CT molecular complexity index is 929. The molecule has 1 N–H and O–H groups in total. The van der Waals surface area contributed by atoms with Gasteiger partial charge in [-0.05, 0) is 60.2 Å². The van der Waals surface area contributed by atoms with Crippen molar-refractivity contribution in [3.63, 3.8) is 0 Å². The lowest BCUT2D eigenvalue weighted by molar-refractivity contribution is -0.190. The maximum atomic E-state index is 13.3. The maximum Gasteiger partial charge on any atom is 0.391 e. The molecule has 2 unspecified atom stereocenters. The highest BCUT2D eigenvalue weighted by Crippen LogP contribution is 2.50. The number of nitrogens with zero attached hydrogens (tertiary/aromatic N) is 1. The van der Waals surface area contributed by atoms with E-state index in [0.717, 1.165) is 11.1 Å². The lowest BCUT2D eigenvalue weighted by Crippen LogP contribution is -2.46. The van der Waals surface area contributed by atoms with Crippen LogP contribution in [-0.2, 0) is 0 Å². The summed E-state index contributed by atoms with van der Waals surface area (Å²) in [7, 11) is 0. The number of hydrogen-bond donors (Lipinski definition) is 1. The first-order valence-electron chi connectivity index (χ1n) is 9.55. The van der Waals surface area contributed by atoms with E-state index >= 15 is 0 Å². The number of halogens is 5. The number of aliphatic hydroxyl groups is 1. The van der Waals surface area contributed by atoms with Crippen molar-refractivity contribution in [2.24, 2.45) is 10.9 Å². The second kappa shape index (κ2) is 7.60. The fraction of sp³-hybridized carbons (Fsp3) is 0.409. The van der Waals surface area contributed by atoms with Gasteiger partial charge in [-0.2, -0.15) is 13.2 Å². The molecule has 0 saturated heterocycles. The Labute approximate surface area is 177 Å². The minimum atomic E-state index is -4.27. The molecule has 0 amide bonds. The number of aliphatic hydroxyl groups excluding tert-OH is 1. The molecule has 0 radical (unpaired) electrons. The van der Waals surface area contributed by atoms with Crippen molar-refractivity contribution in [1.29, 1.82) is 0 Å². The molecule has 1 spiro atoms. The number of hydrogen-bond acceptors (Lipinski definition) is 2. The zero-order valence-electron chi connectivity index (χ0n) is 15.5. The number of aliphatic imine (C=N–C) groups is 1. The summed E-state index contributed by atoms with van der Waals surface area (Å²) in [6.45, 7) is 0. The third kappa shape index (κ3) is 3.92. The largest absolute Gasteiger partial charge is 0.391 e. The monoisotopic (exact) mass is 441 g/mol. The van der Waals surface area contributed by atoms with E-state index in [0.29, 0.717) is 28.5 Å². The minimum absolute atomic E-state index is 0.0883. The summed E-state index contributed by atoms with van der Waals surface area (Å²) < 4.78 is 39.9. The Morgan fingerprint density at radius 1 is 1.03 bits per heavy atom. The predicted octanol–water partition coefficient (Wildman–Crippen LogP) is 6.68. The SMILES string of the molecule is OC1C(c2cc(-c3ccc(Cl)cc3)ccc2Cl)C=N[C@]12CCC[C@H](C(F)(F)F)C2. The standard InChI is InChI=1S/C22H20Cl2F3NO/c23-16-6-3-13(4-7-16)14-5-8-19(24)17(10-14)18-12-28-21(20(18)29)9-1-2-15(11-21)22(25,26)27/h3-8,10,12,15,18,20,29H,1-2,9,11H2/t15-,18?,20?,21-/m0/s1. The molecular weight excluding hydrogens is 422 g/mol. The van der Waals surface area contributed by atoms with E-state index in [1.165, 1.54) is 0 Å².